The highest BCUT2D eigenvalue weighted by Crippen LogP contribution is 2.23. The maximum atomic E-state index is 12.4. The standard InChI is InChI=1S/C20H18N4O3/c1-13(25)14-7-9-16(10-8-14)23-20-21-11-15(12-22-20)19(26)24-17-5-3-4-6-18(17)27-2/h3-12H,1-2H3,(H,24,26)(H,21,22,23). The summed E-state index contributed by atoms with van der Waals surface area (Å²) in [4.78, 5) is 32.0. The maximum absolute atomic E-state index is 12.4. The second-order valence-electron chi connectivity index (χ2n) is 5.71. The fourth-order valence-corrected chi connectivity index (χ4v) is 2.37. The number of hydrogen-bond donors (Lipinski definition) is 2. The van der Waals surface area contributed by atoms with E-state index in [2.05, 4.69) is 20.6 Å². The van der Waals surface area contributed by atoms with Gasteiger partial charge in [0.05, 0.1) is 18.4 Å². The van der Waals surface area contributed by atoms with Crippen LogP contribution in [0.15, 0.2) is 60.9 Å². The molecule has 1 aromatic heterocycles. The van der Waals surface area contributed by atoms with Crippen LogP contribution in [0.4, 0.5) is 17.3 Å². The van der Waals surface area contributed by atoms with Crippen LogP contribution in [0.3, 0.4) is 0 Å². The first-order valence-corrected chi connectivity index (χ1v) is 8.21. The smallest absolute Gasteiger partial charge is 0.258 e. The Hall–Kier alpha value is -3.74. The SMILES string of the molecule is COc1ccccc1NC(=O)c1cnc(Nc2ccc(C(C)=O)cc2)nc1. The van der Waals surface area contributed by atoms with Crippen LogP contribution in [-0.4, -0.2) is 28.8 Å². The number of carbonyl (C=O) groups excluding carboxylic acids is 2. The quantitative estimate of drug-likeness (QED) is 0.650. The number of hydrogen-bond acceptors (Lipinski definition) is 6. The number of carbonyl (C=O) groups is 2. The van der Waals surface area contributed by atoms with Gasteiger partial charge >= 0.3 is 0 Å². The zero-order valence-corrected chi connectivity index (χ0v) is 14.9. The average molecular weight is 362 g/mol. The van der Waals surface area contributed by atoms with Crippen LogP contribution in [0.5, 0.6) is 5.75 Å². The highest BCUT2D eigenvalue weighted by atomic mass is 16.5. The average Bonchev–Trinajstić information content (AvgIpc) is 2.69. The Bertz CT molecular complexity index is 954. The van der Waals surface area contributed by atoms with Gasteiger partial charge in [-0.3, -0.25) is 9.59 Å². The summed E-state index contributed by atoms with van der Waals surface area (Å²) in [5.41, 5.74) is 2.26. The van der Waals surface area contributed by atoms with Gasteiger partial charge in [-0.2, -0.15) is 0 Å². The summed E-state index contributed by atoms with van der Waals surface area (Å²) in [6.45, 7) is 1.51. The molecule has 1 amide bonds. The fourth-order valence-electron chi connectivity index (χ4n) is 2.37. The van der Waals surface area contributed by atoms with E-state index >= 15 is 0 Å². The molecule has 27 heavy (non-hydrogen) atoms. The topological polar surface area (TPSA) is 93.2 Å². The summed E-state index contributed by atoms with van der Waals surface area (Å²) in [7, 11) is 1.54. The van der Waals surface area contributed by atoms with Crippen molar-refractivity contribution < 1.29 is 14.3 Å². The van der Waals surface area contributed by atoms with E-state index in [1.54, 1.807) is 42.5 Å². The minimum absolute atomic E-state index is 0.00297. The van der Waals surface area contributed by atoms with Gasteiger partial charge in [0.2, 0.25) is 5.95 Å². The predicted molar refractivity (Wildman–Crippen MR) is 103 cm³/mol. The van der Waals surface area contributed by atoms with Crippen LogP contribution in [0, 0.1) is 0 Å². The molecule has 0 spiro atoms. The molecule has 0 bridgehead atoms. The van der Waals surface area contributed by atoms with E-state index < -0.39 is 0 Å². The number of rotatable bonds is 6. The Labute approximate surface area is 156 Å². The van der Waals surface area contributed by atoms with Crippen molar-refractivity contribution in [2.75, 3.05) is 17.7 Å². The van der Waals surface area contributed by atoms with E-state index in [-0.39, 0.29) is 11.7 Å². The van der Waals surface area contributed by atoms with E-state index in [4.69, 9.17) is 4.74 Å². The Morgan fingerprint density at radius 2 is 1.59 bits per heavy atom. The molecule has 0 radical (unpaired) electrons. The van der Waals surface area contributed by atoms with Crippen LogP contribution < -0.4 is 15.4 Å². The van der Waals surface area contributed by atoms with Gasteiger partial charge < -0.3 is 15.4 Å². The number of nitrogens with zero attached hydrogens (tertiary/aromatic N) is 2. The predicted octanol–water partition coefficient (Wildman–Crippen LogP) is 3.68. The number of ketones is 1. The lowest BCUT2D eigenvalue weighted by atomic mass is 10.1. The van der Waals surface area contributed by atoms with E-state index in [9.17, 15) is 9.59 Å². The van der Waals surface area contributed by atoms with E-state index in [0.29, 0.717) is 28.5 Å². The molecule has 2 aromatic carbocycles. The summed E-state index contributed by atoms with van der Waals surface area (Å²) < 4.78 is 5.21. The summed E-state index contributed by atoms with van der Waals surface area (Å²) in [5.74, 6) is 0.582. The number of nitrogens with one attached hydrogen (secondary N) is 2. The van der Waals surface area contributed by atoms with Crippen molar-refractivity contribution in [3.8, 4) is 5.75 Å². The van der Waals surface area contributed by atoms with Crippen LogP contribution in [0.2, 0.25) is 0 Å². The summed E-state index contributed by atoms with van der Waals surface area (Å²) in [5, 5.41) is 5.79. The molecule has 0 saturated carbocycles. The highest BCUT2D eigenvalue weighted by molar-refractivity contribution is 6.04. The minimum atomic E-state index is -0.336. The molecule has 0 atom stereocenters. The first-order chi connectivity index (χ1) is 13.1. The molecule has 1 heterocycles. The van der Waals surface area contributed by atoms with Gasteiger partial charge in [0.25, 0.3) is 5.91 Å². The molecule has 136 valence electrons. The lowest BCUT2D eigenvalue weighted by molar-refractivity contribution is 0.101. The van der Waals surface area contributed by atoms with Crippen molar-refractivity contribution in [1.29, 1.82) is 0 Å². The minimum Gasteiger partial charge on any atom is -0.495 e. The Morgan fingerprint density at radius 3 is 2.22 bits per heavy atom. The third-order valence-electron chi connectivity index (χ3n) is 3.82. The first kappa shape index (κ1) is 18.1. The monoisotopic (exact) mass is 362 g/mol. The number of benzene rings is 2. The molecule has 0 aliphatic heterocycles. The Kier molecular flexibility index (Phi) is 5.41. The lowest BCUT2D eigenvalue weighted by Gasteiger charge is -2.10. The molecule has 7 heteroatoms. The third-order valence-corrected chi connectivity index (χ3v) is 3.82. The van der Waals surface area contributed by atoms with Crippen molar-refractivity contribution >= 4 is 29.0 Å². The molecule has 3 aromatic rings. The van der Waals surface area contributed by atoms with Crippen LogP contribution in [0.1, 0.15) is 27.6 Å². The van der Waals surface area contributed by atoms with Gasteiger partial charge in [-0.15, -0.1) is 0 Å². The summed E-state index contributed by atoms with van der Waals surface area (Å²) in [6.07, 6.45) is 2.87. The maximum Gasteiger partial charge on any atom is 0.258 e. The molecule has 2 N–H and O–H groups in total. The largest absolute Gasteiger partial charge is 0.495 e. The highest BCUT2D eigenvalue weighted by Gasteiger charge is 2.10. The number of para-hydroxylation sites is 2. The number of Topliss-reactive ketones (excluding diaryl/α,β-unsaturated/α-hetero) is 1. The van der Waals surface area contributed by atoms with Crippen molar-refractivity contribution in [2.45, 2.75) is 6.92 Å². The van der Waals surface area contributed by atoms with E-state index in [1.165, 1.54) is 26.4 Å². The summed E-state index contributed by atoms with van der Waals surface area (Å²) in [6, 6.07) is 14.1. The molecule has 7 nitrogen and oxygen atoms in total. The number of anilines is 3. The van der Waals surface area contributed by atoms with Crippen molar-refractivity contribution in [2.24, 2.45) is 0 Å². The van der Waals surface area contributed by atoms with Gasteiger partial charge in [0.1, 0.15) is 5.75 Å². The van der Waals surface area contributed by atoms with Gasteiger partial charge in [-0.05, 0) is 43.3 Å². The number of methoxy groups -OCH3 is 1. The van der Waals surface area contributed by atoms with E-state index in [0.717, 1.165) is 5.69 Å². The molecule has 0 aliphatic carbocycles. The Morgan fingerprint density at radius 1 is 0.926 bits per heavy atom. The molecule has 0 fully saturated rings. The number of aromatic nitrogens is 2. The van der Waals surface area contributed by atoms with E-state index in [1.807, 2.05) is 6.07 Å². The van der Waals surface area contributed by atoms with Crippen molar-refractivity contribution in [3.05, 3.63) is 72.1 Å². The number of ether oxygens (including phenoxy) is 1. The molecule has 0 saturated heterocycles. The second-order valence-corrected chi connectivity index (χ2v) is 5.71. The first-order valence-electron chi connectivity index (χ1n) is 8.21. The summed E-state index contributed by atoms with van der Waals surface area (Å²) >= 11 is 0. The van der Waals surface area contributed by atoms with Crippen LogP contribution in [-0.2, 0) is 0 Å². The molecular formula is C20H18N4O3. The molecular weight excluding hydrogens is 344 g/mol. The van der Waals surface area contributed by atoms with Crippen LogP contribution >= 0.6 is 0 Å². The van der Waals surface area contributed by atoms with Crippen molar-refractivity contribution in [1.82, 2.24) is 9.97 Å². The molecule has 3 rings (SSSR count). The normalized spacial score (nSPS) is 10.1. The lowest BCUT2D eigenvalue weighted by Crippen LogP contribution is -2.13. The van der Waals surface area contributed by atoms with Gasteiger partial charge in [-0.25, -0.2) is 9.97 Å². The second kappa shape index (κ2) is 8.09. The Balaban J connectivity index is 1.67. The fraction of sp³-hybridized carbons (Fsp3) is 0.100. The van der Waals surface area contributed by atoms with Crippen LogP contribution in [0.25, 0.3) is 0 Å². The van der Waals surface area contributed by atoms with Gasteiger partial charge in [0, 0.05) is 23.6 Å². The van der Waals surface area contributed by atoms with Gasteiger partial charge in [0.15, 0.2) is 5.78 Å². The zero-order valence-electron chi connectivity index (χ0n) is 14.9. The molecule has 0 aliphatic rings. The molecule has 0 unspecified atom stereocenters. The van der Waals surface area contributed by atoms with Crippen molar-refractivity contribution in [3.63, 3.8) is 0 Å². The zero-order chi connectivity index (χ0) is 19.2. The van der Waals surface area contributed by atoms with Gasteiger partial charge in [-0.1, -0.05) is 12.1 Å². The number of amides is 1. The third kappa shape index (κ3) is 4.46.